The topological polar surface area (TPSA) is 32.5 Å². The van der Waals surface area contributed by atoms with Crippen LogP contribution in [0.1, 0.15) is 19.3 Å². The number of rotatable bonds is 4. The van der Waals surface area contributed by atoms with Gasteiger partial charge < -0.3 is 15.5 Å². The predicted molar refractivity (Wildman–Crippen MR) is 74.4 cm³/mol. The summed E-state index contributed by atoms with van der Waals surface area (Å²) in [6.07, 6.45) is 3.92. The number of nitrogens with zero attached hydrogens (tertiary/aromatic N) is 2. The lowest BCUT2D eigenvalue weighted by Gasteiger charge is -2.49. The van der Waals surface area contributed by atoms with E-state index in [9.17, 15) is 0 Å². The van der Waals surface area contributed by atoms with Crippen LogP contribution in [0.15, 0.2) is 24.3 Å². The van der Waals surface area contributed by atoms with Crippen molar-refractivity contribution in [2.75, 3.05) is 38.3 Å². The van der Waals surface area contributed by atoms with Crippen LogP contribution in [-0.2, 0) is 0 Å². The predicted octanol–water partition coefficient (Wildman–Crippen LogP) is 2.19. The Bertz CT molecular complexity index is 383. The third kappa shape index (κ3) is 2.25. The third-order valence-electron chi connectivity index (χ3n) is 4.11. The second-order valence-electron chi connectivity index (χ2n) is 5.39. The van der Waals surface area contributed by atoms with E-state index in [-0.39, 0.29) is 0 Å². The summed E-state index contributed by atoms with van der Waals surface area (Å²) in [4.78, 5) is 4.65. The molecule has 0 atom stereocenters. The SMILES string of the molecule is CN(CC1(N(C)C)CCC1)c1ccccc1N. The summed E-state index contributed by atoms with van der Waals surface area (Å²) in [6, 6.07) is 8.09. The number of benzene rings is 1. The van der Waals surface area contributed by atoms with E-state index >= 15 is 0 Å². The Morgan fingerprint density at radius 1 is 1.18 bits per heavy atom. The van der Waals surface area contributed by atoms with Gasteiger partial charge in [0.15, 0.2) is 0 Å². The van der Waals surface area contributed by atoms with Gasteiger partial charge >= 0.3 is 0 Å². The molecule has 0 aliphatic heterocycles. The quantitative estimate of drug-likeness (QED) is 0.809. The maximum Gasteiger partial charge on any atom is 0.0597 e. The molecule has 0 amide bonds. The van der Waals surface area contributed by atoms with Crippen LogP contribution >= 0.6 is 0 Å². The number of nitrogens with two attached hydrogens (primary N) is 1. The van der Waals surface area contributed by atoms with Crippen LogP contribution in [0.3, 0.4) is 0 Å². The summed E-state index contributed by atoms with van der Waals surface area (Å²) >= 11 is 0. The van der Waals surface area contributed by atoms with Gasteiger partial charge in [0.2, 0.25) is 0 Å². The van der Waals surface area contributed by atoms with Gasteiger partial charge in [0.25, 0.3) is 0 Å². The van der Waals surface area contributed by atoms with Gasteiger partial charge in [-0.1, -0.05) is 12.1 Å². The minimum Gasteiger partial charge on any atom is -0.397 e. The number of nitrogen functional groups attached to an aromatic ring is 1. The Labute approximate surface area is 104 Å². The Morgan fingerprint density at radius 3 is 2.29 bits per heavy atom. The van der Waals surface area contributed by atoms with Crippen LogP contribution < -0.4 is 10.6 Å². The Kier molecular flexibility index (Phi) is 3.29. The van der Waals surface area contributed by atoms with Crippen LogP contribution in [0.5, 0.6) is 0 Å². The molecule has 2 N–H and O–H groups in total. The summed E-state index contributed by atoms with van der Waals surface area (Å²) < 4.78 is 0. The molecule has 0 unspecified atom stereocenters. The van der Waals surface area contributed by atoms with Crippen LogP contribution in [0, 0.1) is 0 Å². The van der Waals surface area contributed by atoms with Gasteiger partial charge in [-0.2, -0.15) is 0 Å². The summed E-state index contributed by atoms with van der Waals surface area (Å²) in [5, 5.41) is 0. The molecule has 1 aliphatic rings. The van der Waals surface area contributed by atoms with Crippen LogP contribution in [0.2, 0.25) is 0 Å². The third-order valence-corrected chi connectivity index (χ3v) is 4.11. The molecule has 2 rings (SSSR count). The van der Waals surface area contributed by atoms with Gasteiger partial charge in [-0.15, -0.1) is 0 Å². The minimum atomic E-state index is 0.344. The first kappa shape index (κ1) is 12.2. The van der Waals surface area contributed by atoms with Crippen molar-refractivity contribution < 1.29 is 0 Å². The zero-order valence-corrected chi connectivity index (χ0v) is 11.1. The molecule has 0 radical (unpaired) electrons. The maximum atomic E-state index is 6.02. The highest BCUT2D eigenvalue weighted by atomic mass is 15.2. The van der Waals surface area contributed by atoms with Crippen molar-refractivity contribution in [1.29, 1.82) is 0 Å². The number of hydrogen-bond donors (Lipinski definition) is 1. The molecule has 1 fully saturated rings. The van der Waals surface area contributed by atoms with Crippen LogP contribution in [-0.4, -0.2) is 38.1 Å². The lowest BCUT2D eigenvalue weighted by molar-refractivity contribution is 0.0683. The number of para-hydroxylation sites is 2. The van der Waals surface area contributed by atoms with Crippen LogP contribution in [0.4, 0.5) is 11.4 Å². The second-order valence-corrected chi connectivity index (χ2v) is 5.39. The van der Waals surface area contributed by atoms with E-state index in [0.717, 1.165) is 17.9 Å². The lowest BCUT2D eigenvalue weighted by atomic mass is 9.75. The molecule has 0 spiro atoms. The fourth-order valence-electron chi connectivity index (χ4n) is 2.69. The monoisotopic (exact) mass is 233 g/mol. The summed E-state index contributed by atoms with van der Waals surface area (Å²) in [6.45, 7) is 1.05. The number of hydrogen-bond acceptors (Lipinski definition) is 3. The fraction of sp³-hybridized carbons (Fsp3) is 0.571. The Hall–Kier alpha value is -1.22. The van der Waals surface area contributed by atoms with Gasteiger partial charge in [0, 0.05) is 19.1 Å². The minimum absolute atomic E-state index is 0.344. The Balaban J connectivity index is 2.11. The normalized spacial score (nSPS) is 17.9. The molecule has 1 saturated carbocycles. The molecule has 94 valence electrons. The van der Waals surface area contributed by atoms with Crippen molar-refractivity contribution in [1.82, 2.24) is 4.90 Å². The average Bonchev–Trinajstić information content (AvgIpc) is 2.23. The van der Waals surface area contributed by atoms with Gasteiger partial charge in [0.1, 0.15) is 0 Å². The number of anilines is 2. The molecule has 17 heavy (non-hydrogen) atoms. The van der Waals surface area contributed by atoms with Crippen LogP contribution in [0.25, 0.3) is 0 Å². The van der Waals surface area contributed by atoms with E-state index < -0.39 is 0 Å². The fourth-order valence-corrected chi connectivity index (χ4v) is 2.69. The molecule has 3 nitrogen and oxygen atoms in total. The van der Waals surface area contributed by atoms with E-state index in [1.807, 2.05) is 18.2 Å². The molecule has 3 heteroatoms. The van der Waals surface area contributed by atoms with Gasteiger partial charge in [0.05, 0.1) is 11.4 Å². The van der Waals surface area contributed by atoms with Crippen molar-refractivity contribution >= 4 is 11.4 Å². The zero-order valence-electron chi connectivity index (χ0n) is 11.1. The first-order valence-electron chi connectivity index (χ1n) is 6.28. The first-order valence-corrected chi connectivity index (χ1v) is 6.28. The average molecular weight is 233 g/mol. The molecule has 1 aromatic carbocycles. The van der Waals surface area contributed by atoms with Gasteiger partial charge in [-0.05, 0) is 45.5 Å². The van der Waals surface area contributed by atoms with Crippen molar-refractivity contribution in [3.63, 3.8) is 0 Å². The maximum absolute atomic E-state index is 6.02. The molecular formula is C14H23N3. The highest BCUT2D eigenvalue weighted by molar-refractivity contribution is 5.67. The largest absolute Gasteiger partial charge is 0.397 e. The number of likely N-dealkylation sites (N-methyl/N-ethyl adjacent to an activating group) is 2. The van der Waals surface area contributed by atoms with E-state index in [1.54, 1.807) is 0 Å². The van der Waals surface area contributed by atoms with Crippen molar-refractivity contribution in [2.24, 2.45) is 0 Å². The molecular weight excluding hydrogens is 210 g/mol. The van der Waals surface area contributed by atoms with Gasteiger partial charge in [-0.25, -0.2) is 0 Å². The lowest BCUT2D eigenvalue weighted by Crippen LogP contribution is -2.56. The molecule has 0 bridgehead atoms. The van der Waals surface area contributed by atoms with E-state index in [1.165, 1.54) is 19.3 Å². The standard InChI is InChI=1S/C14H23N3/c1-16(2)14(9-6-10-14)11-17(3)13-8-5-4-7-12(13)15/h4-5,7-8H,6,9-11,15H2,1-3H3. The zero-order chi connectivity index (χ0) is 12.5. The summed E-state index contributed by atoms with van der Waals surface area (Å²) in [5.74, 6) is 0. The summed E-state index contributed by atoms with van der Waals surface area (Å²) in [5.41, 5.74) is 8.37. The molecule has 0 aromatic heterocycles. The van der Waals surface area contributed by atoms with E-state index in [4.69, 9.17) is 5.73 Å². The smallest absolute Gasteiger partial charge is 0.0597 e. The first-order chi connectivity index (χ1) is 8.05. The highest BCUT2D eigenvalue weighted by Gasteiger charge is 2.40. The summed E-state index contributed by atoms with van der Waals surface area (Å²) in [7, 11) is 6.50. The van der Waals surface area contributed by atoms with E-state index in [0.29, 0.717) is 5.54 Å². The molecule has 0 heterocycles. The molecule has 1 aromatic rings. The molecule has 1 aliphatic carbocycles. The second kappa shape index (κ2) is 4.57. The molecule has 0 saturated heterocycles. The van der Waals surface area contributed by atoms with Gasteiger partial charge in [-0.3, -0.25) is 0 Å². The Morgan fingerprint density at radius 2 is 1.82 bits per heavy atom. The highest BCUT2D eigenvalue weighted by Crippen LogP contribution is 2.38. The van der Waals surface area contributed by atoms with Crippen molar-refractivity contribution in [3.05, 3.63) is 24.3 Å². The van der Waals surface area contributed by atoms with E-state index in [2.05, 4.69) is 37.0 Å². The van der Waals surface area contributed by atoms with Crippen molar-refractivity contribution in [3.8, 4) is 0 Å². The van der Waals surface area contributed by atoms with Crippen molar-refractivity contribution in [2.45, 2.75) is 24.8 Å².